The molecule has 2 aromatic carbocycles. The molecule has 0 aliphatic heterocycles. The molecule has 0 unspecified atom stereocenters. The molecule has 2 aromatic rings. The molecule has 3 rings (SSSR count). The van der Waals surface area contributed by atoms with Gasteiger partial charge in [0, 0.05) is 19.3 Å². The summed E-state index contributed by atoms with van der Waals surface area (Å²) in [6, 6.07) is 14.6. The molecule has 0 spiro atoms. The van der Waals surface area contributed by atoms with Crippen molar-refractivity contribution in [1.82, 2.24) is 0 Å². The lowest BCUT2D eigenvalue weighted by Gasteiger charge is -2.10. The van der Waals surface area contributed by atoms with Crippen molar-refractivity contribution in [3.8, 4) is 0 Å². The predicted molar refractivity (Wildman–Crippen MR) is 112 cm³/mol. The summed E-state index contributed by atoms with van der Waals surface area (Å²) in [7, 11) is 0. The fourth-order valence-electron chi connectivity index (χ4n) is 3.67. The number of carbonyl (C=O) groups is 2. The lowest BCUT2D eigenvalue weighted by atomic mass is 10.0. The molecule has 0 atom stereocenters. The average molecular weight is 430 g/mol. The molecule has 0 saturated carbocycles. The monoisotopic (exact) mass is 430 g/mol. The number of allylic oxidation sites excluding steroid dienone is 2. The lowest BCUT2D eigenvalue weighted by molar-refractivity contribution is -0.140. The zero-order valence-corrected chi connectivity index (χ0v) is 17.2. The molecule has 1 aliphatic carbocycles. The number of benzene rings is 2. The number of rotatable bonds is 9. The number of ether oxygens (including phenoxy) is 1. The molecular weight excluding hydrogens is 405 g/mol. The summed E-state index contributed by atoms with van der Waals surface area (Å²) in [5.41, 5.74) is 1.08. The maximum atomic E-state index is 12.8. The molecular formula is C25H25F3O3. The van der Waals surface area contributed by atoms with Gasteiger partial charge in [-0.05, 0) is 42.5 Å². The minimum Gasteiger partial charge on any atom is -0.430 e. The van der Waals surface area contributed by atoms with Crippen LogP contribution in [0.5, 0.6) is 0 Å². The van der Waals surface area contributed by atoms with Crippen molar-refractivity contribution in [2.24, 2.45) is 0 Å². The summed E-state index contributed by atoms with van der Waals surface area (Å²) in [4.78, 5) is 24.4. The Bertz CT molecular complexity index is 929. The highest BCUT2D eigenvalue weighted by atomic mass is 19.4. The van der Waals surface area contributed by atoms with Crippen molar-refractivity contribution < 1.29 is 27.5 Å². The van der Waals surface area contributed by atoms with E-state index in [0.29, 0.717) is 12.0 Å². The predicted octanol–water partition coefficient (Wildman–Crippen LogP) is 6.52. The van der Waals surface area contributed by atoms with Gasteiger partial charge in [0.05, 0.1) is 11.1 Å². The summed E-state index contributed by atoms with van der Waals surface area (Å²) in [6.45, 7) is 0. The molecule has 0 saturated heterocycles. The molecule has 0 N–H and O–H groups in total. The number of alkyl halides is 3. The fourth-order valence-corrected chi connectivity index (χ4v) is 3.67. The zero-order chi connectivity index (χ0) is 22.3. The van der Waals surface area contributed by atoms with E-state index in [4.69, 9.17) is 4.74 Å². The first-order chi connectivity index (χ1) is 14.8. The van der Waals surface area contributed by atoms with Crippen LogP contribution < -0.4 is 0 Å². The maximum Gasteiger partial charge on any atom is 0.416 e. The van der Waals surface area contributed by atoms with Crippen LogP contribution in [0.3, 0.4) is 0 Å². The Balaban J connectivity index is 1.48. The molecule has 0 amide bonds. The number of esters is 1. The SMILES string of the molecule is O=C(CCCCCCc1ccccc1)OC1=C(c2ccc(C(F)(F)F)cc2)C(=O)CC1. The third-order valence-corrected chi connectivity index (χ3v) is 5.31. The van der Waals surface area contributed by atoms with Gasteiger partial charge in [-0.25, -0.2) is 0 Å². The van der Waals surface area contributed by atoms with Crippen LogP contribution in [0, 0.1) is 0 Å². The molecule has 0 aromatic heterocycles. The van der Waals surface area contributed by atoms with Crippen molar-refractivity contribution in [3.05, 3.63) is 77.0 Å². The minimum absolute atomic E-state index is 0.193. The number of hydrogen-bond acceptors (Lipinski definition) is 3. The van der Waals surface area contributed by atoms with Crippen LogP contribution in [-0.2, 0) is 26.9 Å². The second kappa shape index (κ2) is 10.4. The van der Waals surface area contributed by atoms with Gasteiger partial charge < -0.3 is 4.74 Å². The number of hydrogen-bond donors (Lipinski definition) is 0. The molecule has 0 fully saturated rings. The van der Waals surface area contributed by atoms with E-state index < -0.39 is 17.7 Å². The normalized spacial score (nSPS) is 14.2. The van der Waals surface area contributed by atoms with Crippen LogP contribution in [0.25, 0.3) is 5.57 Å². The maximum absolute atomic E-state index is 12.8. The first kappa shape index (κ1) is 22.8. The number of halogens is 3. The number of unbranched alkanes of at least 4 members (excludes halogenated alkanes) is 3. The minimum atomic E-state index is -4.44. The van der Waals surface area contributed by atoms with Gasteiger partial charge in [0.1, 0.15) is 5.76 Å². The van der Waals surface area contributed by atoms with Gasteiger partial charge in [-0.15, -0.1) is 0 Å². The van der Waals surface area contributed by atoms with Gasteiger partial charge >= 0.3 is 12.1 Å². The van der Waals surface area contributed by atoms with E-state index in [-0.39, 0.29) is 36.4 Å². The number of carbonyl (C=O) groups excluding carboxylic acids is 2. The average Bonchev–Trinajstić information content (AvgIpc) is 3.10. The van der Waals surface area contributed by atoms with Crippen LogP contribution in [0.15, 0.2) is 60.4 Å². The van der Waals surface area contributed by atoms with Crippen LogP contribution in [0.4, 0.5) is 13.2 Å². The Labute approximate surface area is 179 Å². The third-order valence-electron chi connectivity index (χ3n) is 5.31. The van der Waals surface area contributed by atoms with Gasteiger partial charge in [0.15, 0.2) is 5.78 Å². The lowest BCUT2D eigenvalue weighted by Crippen LogP contribution is -2.06. The highest BCUT2D eigenvalue weighted by Gasteiger charge is 2.31. The molecule has 1 aliphatic rings. The van der Waals surface area contributed by atoms with E-state index >= 15 is 0 Å². The van der Waals surface area contributed by atoms with E-state index in [2.05, 4.69) is 12.1 Å². The molecule has 6 heteroatoms. The van der Waals surface area contributed by atoms with E-state index in [0.717, 1.165) is 37.8 Å². The van der Waals surface area contributed by atoms with E-state index in [1.807, 2.05) is 18.2 Å². The standard InChI is InChI=1S/C25H25F3O3/c26-25(27,28)20-14-12-19(13-15-20)24-21(29)16-17-22(24)31-23(30)11-7-2-1-4-8-18-9-5-3-6-10-18/h3,5-6,9-10,12-15H,1-2,4,7-8,11,16-17H2. The van der Waals surface area contributed by atoms with Crippen molar-refractivity contribution in [2.45, 2.75) is 57.5 Å². The van der Waals surface area contributed by atoms with Crippen LogP contribution in [0.2, 0.25) is 0 Å². The molecule has 0 heterocycles. The zero-order valence-electron chi connectivity index (χ0n) is 17.2. The molecule has 0 radical (unpaired) electrons. The number of ketones is 1. The molecule has 164 valence electrons. The molecule has 31 heavy (non-hydrogen) atoms. The Morgan fingerprint density at radius 2 is 1.55 bits per heavy atom. The first-order valence-corrected chi connectivity index (χ1v) is 10.5. The van der Waals surface area contributed by atoms with Crippen LogP contribution in [-0.4, -0.2) is 11.8 Å². The first-order valence-electron chi connectivity index (χ1n) is 10.5. The van der Waals surface area contributed by atoms with E-state index in [1.54, 1.807) is 0 Å². The summed E-state index contributed by atoms with van der Waals surface area (Å²) in [5.74, 6) is -0.362. The summed E-state index contributed by atoms with van der Waals surface area (Å²) in [6.07, 6.45) is 0.979. The molecule has 0 bridgehead atoms. The van der Waals surface area contributed by atoms with Crippen molar-refractivity contribution in [1.29, 1.82) is 0 Å². The van der Waals surface area contributed by atoms with Gasteiger partial charge in [0.25, 0.3) is 0 Å². The van der Waals surface area contributed by atoms with E-state index in [1.165, 1.54) is 17.7 Å². The van der Waals surface area contributed by atoms with Crippen molar-refractivity contribution in [2.75, 3.05) is 0 Å². The smallest absolute Gasteiger partial charge is 0.416 e. The summed E-state index contributed by atoms with van der Waals surface area (Å²) in [5, 5.41) is 0. The molecule has 3 nitrogen and oxygen atoms in total. The Morgan fingerprint density at radius 3 is 2.23 bits per heavy atom. The fraction of sp³-hybridized carbons (Fsp3) is 0.360. The topological polar surface area (TPSA) is 43.4 Å². The van der Waals surface area contributed by atoms with Gasteiger partial charge in [-0.2, -0.15) is 13.2 Å². The Morgan fingerprint density at radius 1 is 0.871 bits per heavy atom. The number of Topliss-reactive ketones (excluding diaryl/α,β-unsaturated/α-hetero) is 1. The van der Waals surface area contributed by atoms with Crippen LogP contribution in [0.1, 0.15) is 61.6 Å². The highest BCUT2D eigenvalue weighted by Crippen LogP contribution is 2.34. The second-order valence-corrected chi connectivity index (χ2v) is 7.67. The Kier molecular flexibility index (Phi) is 7.66. The summed E-state index contributed by atoms with van der Waals surface area (Å²) < 4.78 is 43.7. The van der Waals surface area contributed by atoms with Gasteiger partial charge in [0.2, 0.25) is 0 Å². The number of aryl methyl sites for hydroxylation is 1. The van der Waals surface area contributed by atoms with Gasteiger partial charge in [-0.1, -0.05) is 55.3 Å². The quantitative estimate of drug-likeness (QED) is 0.336. The van der Waals surface area contributed by atoms with Gasteiger partial charge in [-0.3, -0.25) is 9.59 Å². The summed E-state index contributed by atoms with van der Waals surface area (Å²) >= 11 is 0. The van der Waals surface area contributed by atoms with Crippen molar-refractivity contribution in [3.63, 3.8) is 0 Å². The van der Waals surface area contributed by atoms with Crippen molar-refractivity contribution >= 4 is 17.3 Å². The largest absolute Gasteiger partial charge is 0.430 e. The van der Waals surface area contributed by atoms with Crippen LogP contribution >= 0.6 is 0 Å². The van der Waals surface area contributed by atoms with E-state index in [9.17, 15) is 22.8 Å². The third kappa shape index (κ3) is 6.54. The Hall–Kier alpha value is -2.89. The second-order valence-electron chi connectivity index (χ2n) is 7.67. The highest BCUT2D eigenvalue weighted by molar-refractivity contribution is 6.23.